The lowest BCUT2D eigenvalue weighted by atomic mass is 10.1. The zero-order valence-corrected chi connectivity index (χ0v) is 12.8. The fraction of sp³-hybridized carbons (Fsp3) is 0.353. The van der Waals surface area contributed by atoms with Crippen LogP contribution in [0, 0.1) is 6.92 Å². The highest BCUT2D eigenvalue weighted by atomic mass is 16.2. The summed E-state index contributed by atoms with van der Waals surface area (Å²) in [5, 5.41) is 2.84. The molecule has 0 aliphatic heterocycles. The number of ketones is 1. The summed E-state index contributed by atoms with van der Waals surface area (Å²) in [6.45, 7) is 3.41. The third kappa shape index (κ3) is 5.16. The quantitative estimate of drug-likeness (QED) is 0.601. The first-order chi connectivity index (χ1) is 10.6. The number of hydrogen-bond acceptors (Lipinski definition) is 3. The lowest BCUT2D eigenvalue weighted by molar-refractivity contribution is -0.121. The molecule has 1 N–H and O–H groups in total. The molecule has 0 atom stereocenters. The van der Waals surface area contributed by atoms with Gasteiger partial charge in [0.2, 0.25) is 5.91 Å². The Bertz CT molecular complexity index is 603. The summed E-state index contributed by atoms with van der Waals surface area (Å²) in [5.41, 5.74) is 1.78. The van der Waals surface area contributed by atoms with Crippen LogP contribution in [0.25, 0.3) is 0 Å². The zero-order chi connectivity index (χ0) is 15.8. The van der Waals surface area contributed by atoms with Crippen LogP contribution in [0.2, 0.25) is 0 Å². The number of carbonyl (C=O) groups excluding carboxylic acids is 2. The van der Waals surface area contributed by atoms with Gasteiger partial charge in [0, 0.05) is 43.9 Å². The van der Waals surface area contributed by atoms with Crippen molar-refractivity contribution in [2.45, 2.75) is 32.7 Å². The number of nitrogens with zero attached hydrogens (tertiary/aromatic N) is 2. The fourth-order valence-electron chi connectivity index (χ4n) is 2.11. The van der Waals surface area contributed by atoms with E-state index in [9.17, 15) is 9.59 Å². The molecule has 0 bridgehead atoms. The second-order valence-electron chi connectivity index (χ2n) is 5.29. The number of aryl methyl sites for hydroxylation is 2. The second kappa shape index (κ2) is 8.12. The number of carbonyl (C=O) groups is 2. The molecular weight excluding hydrogens is 278 g/mol. The Kier molecular flexibility index (Phi) is 5.89. The average Bonchev–Trinajstić information content (AvgIpc) is 3.03. The highest BCUT2D eigenvalue weighted by molar-refractivity contribution is 5.97. The minimum Gasteiger partial charge on any atom is -0.356 e. The number of rotatable bonds is 8. The number of imidazole rings is 1. The molecule has 0 spiro atoms. The molecule has 0 unspecified atom stereocenters. The first kappa shape index (κ1) is 15.9. The van der Waals surface area contributed by atoms with Crippen molar-refractivity contribution in [2.24, 2.45) is 0 Å². The molecule has 1 aromatic carbocycles. The maximum atomic E-state index is 12.0. The van der Waals surface area contributed by atoms with Crippen LogP contribution < -0.4 is 5.32 Å². The predicted molar refractivity (Wildman–Crippen MR) is 84.6 cm³/mol. The van der Waals surface area contributed by atoms with E-state index in [0.717, 1.165) is 18.5 Å². The molecule has 5 heteroatoms. The molecule has 2 aromatic rings. The molecule has 0 radical (unpaired) electrons. The van der Waals surface area contributed by atoms with Crippen LogP contribution in [-0.4, -0.2) is 27.8 Å². The lowest BCUT2D eigenvalue weighted by Crippen LogP contribution is -2.25. The number of benzene rings is 1. The SMILES string of the molecule is Cc1ccc(C(=O)CCC(=O)NCCCn2ccnc2)cc1. The van der Waals surface area contributed by atoms with Crippen molar-refractivity contribution in [3.8, 4) is 0 Å². The van der Waals surface area contributed by atoms with Crippen LogP contribution >= 0.6 is 0 Å². The van der Waals surface area contributed by atoms with Gasteiger partial charge >= 0.3 is 0 Å². The Hall–Kier alpha value is -2.43. The summed E-state index contributed by atoms with van der Waals surface area (Å²) in [6, 6.07) is 7.42. The van der Waals surface area contributed by atoms with Crippen molar-refractivity contribution in [1.29, 1.82) is 0 Å². The fourth-order valence-corrected chi connectivity index (χ4v) is 2.11. The van der Waals surface area contributed by atoms with Crippen LogP contribution in [0.3, 0.4) is 0 Å². The van der Waals surface area contributed by atoms with Gasteiger partial charge < -0.3 is 9.88 Å². The minimum atomic E-state index is -0.0777. The van der Waals surface area contributed by atoms with E-state index in [-0.39, 0.29) is 24.5 Å². The predicted octanol–water partition coefficient (Wildman–Crippen LogP) is 2.36. The highest BCUT2D eigenvalue weighted by Gasteiger charge is 2.08. The van der Waals surface area contributed by atoms with Gasteiger partial charge in [0.25, 0.3) is 0 Å². The summed E-state index contributed by atoms with van der Waals surface area (Å²) >= 11 is 0. The Labute approximate surface area is 130 Å². The molecule has 1 amide bonds. The Morgan fingerprint density at radius 2 is 1.95 bits per heavy atom. The summed E-state index contributed by atoms with van der Waals surface area (Å²) in [5.74, 6) is -0.0698. The molecule has 1 aromatic heterocycles. The van der Waals surface area contributed by atoms with Crippen LogP contribution in [-0.2, 0) is 11.3 Å². The normalized spacial score (nSPS) is 10.4. The van der Waals surface area contributed by atoms with Crippen LogP contribution in [0.15, 0.2) is 43.0 Å². The number of nitrogens with one attached hydrogen (secondary N) is 1. The molecule has 0 aliphatic rings. The smallest absolute Gasteiger partial charge is 0.220 e. The standard InChI is InChI=1S/C17H21N3O2/c1-14-3-5-15(6-4-14)16(21)7-8-17(22)19-9-2-11-20-12-10-18-13-20/h3-6,10,12-13H,2,7-9,11H2,1H3,(H,19,22). The third-order valence-corrected chi connectivity index (χ3v) is 3.43. The van der Waals surface area contributed by atoms with Crippen molar-refractivity contribution in [3.05, 3.63) is 54.1 Å². The summed E-state index contributed by atoms with van der Waals surface area (Å²) in [6.07, 6.45) is 6.70. The average molecular weight is 299 g/mol. The van der Waals surface area contributed by atoms with Gasteiger partial charge in [0.15, 0.2) is 5.78 Å². The highest BCUT2D eigenvalue weighted by Crippen LogP contribution is 2.07. The van der Waals surface area contributed by atoms with Gasteiger partial charge in [-0.15, -0.1) is 0 Å². The molecule has 5 nitrogen and oxygen atoms in total. The summed E-state index contributed by atoms with van der Waals surface area (Å²) in [4.78, 5) is 27.6. The van der Waals surface area contributed by atoms with Crippen molar-refractivity contribution in [1.82, 2.24) is 14.9 Å². The Morgan fingerprint density at radius 3 is 2.64 bits per heavy atom. The molecular formula is C17H21N3O2. The first-order valence-electron chi connectivity index (χ1n) is 7.47. The molecule has 1 heterocycles. The second-order valence-corrected chi connectivity index (χ2v) is 5.29. The number of Topliss-reactive ketones (excluding diaryl/α,β-unsaturated/α-hetero) is 1. The zero-order valence-electron chi connectivity index (χ0n) is 12.8. The van der Waals surface area contributed by atoms with Gasteiger partial charge in [-0.3, -0.25) is 9.59 Å². The Morgan fingerprint density at radius 1 is 1.18 bits per heavy atom. The van der Waals surface area contributed by atoms with Crippen LogP contribution in [0.1, 0.15) is 35.2 Å². The molecule has 0 aliphatic carbocycles. The topological polar surface area (TPSA) is 64.0 Å². The Balaban J connectivity index is 1.62. The van der Waals surface area contributed by atoms with E-state index in [2.05, 4.69) is 10.3 Å². The van der Waals surface area contributed by atoms with Crippen molar-refractivity contribution < 1.29 is 9.59 Å². The van der Waals surface area contributed by atoms with Gasteiger partial charge in [0.05, 0.1) is 6.33 Å². The van der Waals surface area contributed by atoms with Crippen molar-refractivity contribution in [3.63, 3.8) is 0 Å². The van der Waals surface area contributed by atoms with E-state index in [4.69, 9.17) is 0 Å². The number of hydrogen-bond donors (Lipinski definition) is 1. The van der Waals surface area contributed by atoms with Gasteiger partial charge in [-0.2, -0.15) is 0 Å². The van der Waals surface area contributed by atoms with Gasteiger partial charge in [-0.05, 0) is 13.3 Å². The molecule has 0 saturated heterocycles. The van der Waals surface area contributed by atoms with Crippen molar-refractivity contribution in [2.75, 3.05) is 6.54 Å². The van der Waals surface area contributed by atoms with E-state index in [1.54, 1.807) is 24.7 Å². The number of aromatic nitrogens is 2. The first-order valence-corrected chi connectivity index (χ1v) is 7.47. The third-order valence-electron chi connectivity index (χ3n) is 3.43. The van der Waals surface area contributed by atoms with E-state index >= 15 is 0 Å². The van der Waals surface area contributed by atoms with E-state index in [0.29, 0.717) is 12.1 Å². The van der Waals surface area contributed by atoms with Crippen LogP contribution in [0.4, 0.5) is 0 Å². The summed E-state index contributed by atoms with van der Waals surface area (Å²) in [7, 11) is 0. The largest absolute Gasteiger partial charge is 0.356 e. The van der Waals surface area contributed by atoms with Gasteiger partial charge in [-0.1, -0.05) is 29.8 Å². The van der Waals surface area contributed by atoms with Crippen molar-refractivity contribution >= 4 is 11.7 Å². The van der Waals surface area contributed by atoms with Gasteiger partial charge in [0.1, 0.15) is 0 Å². The molecule has 2 rings (SSSR count). The van der Waals surface area contributed by atoms with E-state index < -0.39 is 0 Å². The molecule has 0 saturated carbocycles. The van der Waals surface area contributed by atoms with E-state index in [1.165, 1.54) is 0 Å². The minimum absolute atomic E-state index is 0.00793. The number of amides is 1. The maximum absolute atomic E-state index is 12.0. The van der Waals surface area contributed by atoms with E-state index in [1.807, 2.05) is 29.8 Å². The monoisotopic (exact) mass is 299 g/mol. The maximum Gasteiger partial charge on any atom is 0.220 e. The molecule has 116 valence electrons. The van der Waals surface area contributed by atoms with Crippen LogP contribution in [0.5, 0.6) is 0 Å². The summed E-state index contributed by atoms with van der Waals surface area (Å²) < 4.78 is 1.97. The van der Waals surface area contributed by atoms with Gasteiger partial charge in [-0.25, -0.2) is 4.98 Å². The molecule has 0 fully saturated rings. The molecule has 22 heavy (non-hydrogen) atoms. The lowest BCUT2D eigenvalue weighted by Gasteiger charge is -2.06.